The number of nitrogens with one attached hydrogen (secondary N) is 2. The third-order valence-corrected chi connectivity index (χ3v) is 5.09. The number of amides is 1. The van der Waals surface area contributed by atoms with Gasteiger partial charge in [-0.25, -0.2) is 4.39 Å². The summed E-state index contributed by atoms with van der Waals surface area (Å²) >= 11 is 1.84. The molecule has 0 spiro atoms. The average molecular weight is 344 g/mol. The quantitative estimate of drug-likeness (QED) is 0.862. The summed E-state index contributed by atoms with van der Waals surface area (Å²) in [6.45, 7) is 3.56. The predicted molar refractivity (Wildman–Crippen MR) is 98.0 cm³/mol. The third-order valence-electron chi connectivity index (χ3n) is 4.14. The van der Waals surface area contributed by atoms with E-state index in [1.807, 2.05) is 30.0 Å². The minimum Gasteiger partial charge on any atom is -0.319 e. The highest BCUT2D eigenvalue weighted by Crippen LogP contribution is 2.25. The smallest absolute Gasteiger partial charge is 0.255 e. The molecule has 1 aliphatic rings. The van der Waals surface area contributed by atoms with E-state index in [4.69, 9.17) is 0 Å². The van der Waals surface area contributed by atoms with Gasteiger partial charge in [0.15, 0.2) is 0 Å². The van der Waals surface area contributed by atoms with Crippen LogP contribution >= 0.6 is 11.8 Å². The van der Waals surface area contributed by atoms with Gasteiger partial charge in [0.1, 0.15) is 5.82 Å². The molecule has 3 rings (SSSR count). The van der Waals surface area contributed by atoms with Gasteiger partial charge in [0.2, 0.25) is 0 Å². The van der Waals surface area contributed by atoms with Crippen LogP contribution in [-0.4, -0.2) is 18.2 Å². The lowest BCUT2D eigenvalue weighted by atomic mass is 9.99. The minimum absolute atomic E-state index is 0.256. The highest BCUT2D eigenvalue weighted by Gasteiger charge is 2.17. The van der Waals surface area contributed by atoms with E-state index in [-0.39, 0.29) is 17.4 Å². The Kier molecular flexibility index (Phi) is 5.53. The molecule has 1 amide bonds. The molecule has 2 N–H and O–H groups in total. The maximum absolute atomic E-state index is 14.6. The number of benzene rings is 2. The maximum Gasteiger partial charge on any atom is 0.255 e. The van der Waals surface area contributed by atoms with Gasteiger partial charge < -0.3 is 10.6 Å². The van der Waals surface area contributed by atoms with Crippen LogP contribution in [0.25, 0.3) is 0 Å². The lowest BCUT2D eigenvalue weighted by Crippen LogP contribution is -2.25. The van der Waals surface area contributed by atoms with Gasteiger partial charge in [-0.1, -0.05) is 25.1 Å². The van der Waals surface area contributed by atoms with Crippen molar-refractivity contribution in [2.75, 3.05) is 17.6 Å². The zero-order valence-corrected chi connectivity index (χ0v) is 14.5. The van der Waals surface area contributed by atoms with Crippen molar-refractivity contribution in [3.8, 4) is 0 Å². The topological polar surface area (TPSA) is 41.1 Å². The molecular formula is C19H21FN2OS. The second-order valence-electron chi connectivity index (χ2n) is 5.78. The van der Waals surface area contributed by atoms with Gasteiger partial charge in [-0.15, -0.1) is 0 Å². The van der Waals surface area contributed by atoms with Gasteiger partial charge in [-0.05, 0) is 53.6 Å². The molecule has 3 nitrogen and oxygen atoms in total. The normalized spacial score (nSPS) is 13.4. The van der Waals surface area contributed by atoms with Crippen LogP contribution in [0, 0.1) is 5.82 Å². The van der Waals surface area contributed by atoms with E-state index in [1.165, 1.54) is 5.56 Å². The number of anilines is 1. The minimum atomic E-state index is -0.307. The van der Waals surface area contributed by atoms with E-state index in [1.54, 1.807) is 18.2 Å². The molecule has 126 valence electrons. The summed E-state index contributed by atoms with van der Waals surface area (Å²) in [5, 5.41) is 5.92. The van der Waals surface area contributed by atoms with Crippen LogP contribution in [0.15, 0.2) is 36.4 Å². The lowest BCUT2D eigenvalue weighted by Gasteiger charge is -2.19. The Balaban J connectivity index is 1.73. The van der Waals surface area contributed by atoms with E-state index in [0.717, 1.165) is 23.6 Å². The first-order chi connectivity index (χ1) is 11.7. The van der Waals surface area contributed by atoms with Gasteiger partial charge in [0, 0.05) is 17.9 Å². The lowest BCUT2D eigenvalue weighted by molar-refractivity contribution is 0.102. The Bertz CT molecular complexity index is 731. The van der Waals surface area contributed by atoms with Crippen LogP contribution in [0.3, 0.4) is 0 Å². The summed E-state index contributed by atoms with van der Waals surface area (Å²) < 4.78 is 14.6. The Morgan fingerprint density at radius 1 is 1.25 bits per heavy atom. The number of fused-ring (bicyclic) bond motifs is 1. The SMILES string of the molecule is CCSCc1ccc(C(=O)Nc2ccc3c(c2F)CCNC3)cc1. The first kappa shape index (κ1) is 17.0. The van der Waals surface area contributed by atoms with E-state index in [0.29, 0.717) is 24.1 Å². The van der Waals surface area contributed by atoms with E-state index >= 15 is 0 Å². The average Bonchev–Trinajstić information content (AvgIpc) is 2.63. The molecule has 0 bridgehead atoms. The molecule has 2 aromatic carbocycles. The number of hydrogen-bond acceptors (Lipinski definition) is 3. The monoisotopic (exact) mass is 344 g/mol. The maximum atomic E-state index is 14.6. The molecule has 0 radical (unpaired) electrons. The molecule has 0 saturated heterocycles. The number of halogens is 1. The van der Waals surface area contributed by atoms with Crippen molar-refractivity contribution in [3.05, 3.63) is 64.5 Å². The molecule has 0 saturated carbocycles. The number of hydrogen-bond donors (Lipinski definition) is 2. The number of carbonyl (C=O) groups excluding carboxylic acids is 1. The summed E-state index contributed by atoms with van der Waals surface area (Å²) in [6, 6.07) is 11.0. The second kappa shape index (κ2) is 7.81. The van der Waals surface area contributed by atoms with Crippen molar-refractivity contribution >= 4 is 23.4 Å². The highest BCUT2D eigenvalue weighted by atomic mass is 32.2. The van der Waals surface area contributed by atoms with Crippen molar-refractivity contribution in [3.63, 3.8) is 0 Å². The van der Waals surface area contributed by atoms with Crippen LogP contribution in [0.5, 0.6) is 0 Å². The largest absolute Gasteiger partial charge is 0.319 e. The third kappa shape index (κ3) is 3.79. The predicted octanol–water partition coefficient (Wildman–Crippen LogP) is 3.98. The molecule has 1 heterocycles. The van der Waals surface area contributed by atoms with Crippen LogP contribution in [0.1, 0.15) is 34.0 Å². The summed E-state index contributed by atoms with van der Waals surface area (Å²) in [4.78, 5) is 12.4. The molecular weight excluding hydrogens is 323 g/mol. The molecule has 24 heavy (non-hydrogen) atoms. The van der Waals surface area contributed by atoms with E-state index in [9.17, 15) is 9.18 Å². The zero-order chi connectivity index (χ0) is 16.9. The van der Waals surface area contributed by atoms with Gasteiger partial charge in [-0.3, -0.25) is 4.79 Å². The molecule has 0 aliphatic carbocycles. The summed E-state index contributed by atoms with van der Waals surface area (Å²) in [6.07, 6.45) is 0.647. The highest BCUT2D eigenvalue weighted by molar-refractivity contribution is 7.98. The molecule has 5 heteroatoms. The first-order valence-electron chi connectivity index (χ1n) is 8.18. The molecule has 2 aromatic rings. The zero-order valence-electron chi connectivity index (χ0n) is 13.7. The van der Waals surface area contributed by atoms with Crippen LogP contribution in [-0.2, 0) is 18.7 Å². The van der Waals surface area contributed by atoms with Crippen LogP contribution in [0.4, 0.5) is 10.1 Å². The van der Waals surface area contributed by atoms with Gasteiger partial charge >= 0.3 is 0 Å². The number of thioether (sulfide) groups is 1. The Hall–Kier alpha value is -1.85. The van der Waals surface area contributed by atoms with Gasteiger partial charge in [-0.2, -0.15) is 11.8 Å². The van der Waals surface area contributed by atoms with Crippen molar-refractivity contribution in [1.29, 1.82) is 0 Å². The Labute approximate surface area is 146 Å². The summed E-state index contributed by atoms with van der Waals surface area (Å²) in [7, 11) is 0. The van der Waals surface area contributed by atoms with E-state index in [2.05, 4.69) is 17.6 Å². The number of carbonyl (C=O) groups is 1. The Morgan fingerprint density at radius 3 is 2.79 bits per heavy atom. The van der Waals surface area contributed by atoms with Crippen molar-refractivity contribution in [2.45, 2.75) is 25.6 Å². The first-order valence-corrected chi connectivity index (χ1v) is 9.33. The van der Waals surface area contributed by atoms with Crippen molar-refractivity contribution < 1.29 is 9.18 Å². The molecule has 0 fully saturated rings. The van der Waals surface area contributed by atoms with Crippen LogP contribution < -0.4 is 10.6 Å². The standard InChI is InChI=1S/C19H21FN2OS/c1-2-24-12-13-3-5-14(6-4-13)19(23)22-17-8-7-15-11-21-10-9-16(15)18(17)20/h3-8,21H,2,9-12H2,1H3,(H,22,23). The van der Waals surface area contributed by atoms with Crippen molar-refractivity contribution in [1.82, 2.24) is 5.32 Å². The fourth-order valence-corrected chi connectivity index (χ4v) is 3.43. The van der Waals surface area contributed by atoms with Crippen LogP contribution in [0.2, 0.25) is 0 Å². The van der Waals surface area contributed by atoms with Gasteiger partial charge in [0.05, 0.1) is 5.69 Å². The Morgan fingerprint density at radius 2 is 2.04 bits per heavy atom. The summed E-state index contributed by atoms with van der Waals surface area (Å²) in [5.74, 6) is 1.41. The number of rotatable bonds is 5. The molecule has 0 atom stereocenters. The second-order valence-corrected chi connectivity index (χ2v) is 7.05. The van der Waals surface area contributed by atoms with E-state index < -0.39 is 0 Å². The van der Waals surface area contributed by atoms with Crippen molar-refractivity contribution in [2.24, 2.45) is 0 Å². The summed E-state index contributed by atoms with van der Waals surface area (Å²) in [5.41, 5.74) is 3.66. The molecule has 1 aliphatic heterocycles. The fourth-order valence-electron chi connectivity index (χ4n) is 2.80. The fraction of sp³-hybridized carbons (Fsp3) is 0.316. The molecule has 0 unspecified atom stereocenters. The van der Waals surface area contributed by atoms with Gasteiger partial charge in [0.25, 0.3) is 5.91 Å². The molecule has 0 aromatic heterocycles.